The number of halogens is 2. The van der Waals surface area contributed by atoms with Crippen LogP contribution in [0.3, 0.4) is 0 Å². The van der Waals surface area contributed by atoms with E-state index in [4.69, 9.17) is 4.74 Å². The molecule has 150 valence electrons. The van der Waals surface area contributed by atoms with Crippen molar-refractivity contribution in [1.82, 2.24) is 10.2 Å². The van der Waals surface area contributed by atoms with Gasteiger partial charge in [-0.2, -0.15) is 0 Å². The van der Waals surface area contributed by atoms with Crippen LogP contribution in [0.1, 0.15) is 44.2 Å². The van der Waals surface area contributed by atoms with Crippen LogP contribution in [0, 0.1) is 0 Å². The first kappa shape index (κ1) is 23.8. The Kier molecular flexibility index (Phi) is 11.5. The molecule has 0 saturated carbocycles. The molecule has 3 rings (SSSR count). The summed E-state index contributed by atoms with van der Waals surface area (Å²) < 4.78 is 5.93. The number of nitrogens with one attached hydrogen (secondary N) is 1. The van der Waals surface area contributed by atoms with Gasteiger partial charge in [0.15, 0.2) is 0 Å². The first-order valence-electron chi connectivity index (χ1n) is 9.64. The quantitative estimate of drug-likeness (QED) is 0.552. The molecule has 27 heavy (non-hydrogen) atoms. The molecule has 0 unspecified atom stereocenters. The average Bonchev–Trinajstić information content (AvgIpc) is 2.68. The van der Waals surface area contributed by atoms with Crippen molar-refractivity contribution in [3.8, 4) is 11.5 Å². The third kappa shape index (κ3) is 7.34. The van der Waals surface area contributed by atoms with Crippen molar-refractivity contribution in [3.63, 3.8) is 0 Å². The van der Waals surface area contributed by atoms with Crippen LogP contribution in [0.5, 0.6) is 11.5 Å². The van der Waals surface area contributed by atoms with Crippen LogP contribution in [-0.2, 0) is 0 Å². The maximum atomic E-state index is 5.93. The smallest absolute Gasteiger partial charge is 0.127 e. The standard InChI is InChI=1S/C22H30N2O.2ClH/c1-2-3-5-10-22(24-17-15-23-16-18-24)19-11-13-21(14-12-19)25-20-8-6-4-7-9-20;;/h4,6-9,11-14,22-23H,2-3,5,10,15-18H2,1H3;2*1H/t22-;;/m1../s1. The van der Waals surface area contributed by atoms with E-state index in [2.05, 4.69) is 41.4 Å². The van der Waals surface area contributed by atoms with Gasteiger partial charge in [-0.25, -0.2) is 0 Å². The molecule has 2 aromatic carbocycles. The van der Waals surface area contributed by atoms with Gasteiger partial charge in [-0.15, -0.1) is 24.8 Å². The van der Waals surface area contributed by atoms with E-state index in [9.17, 15) is 0 Å². The van der Waals surface area contributed by atoms with Crippen LogP contribution < -0.4 is 10.1 Å². The molecule has 1 heterocycles. The predicted molar refractivity (Wildman–Crippen MR) is 119 cm³/mol. The second kappa shape index (κ2) is 13.0. The Morgan fingerprint density at radius 1 is 0.889 bits per heavy atom. The highest BCUT2D eigenvalue weighted by atomic mass is 35.5. The van der Waals surface area contributed by atoms with E-state index in [1.54, 1.807) is 0 Å². The molecule has 0 spiro atoms. The van der Waals surface area contributed by atoms with Crippen LogP contribution in [-0.4, -0.2) is 31.1 Å². The molecule has 0 bridgehead atoms. The highest BCUT2D eigenvalue weighted by Gasteiger charge is 2.21. The molecular weight excluding hydrogens is 379 g/mol. The molecule has 1 atom stereocenters. The minimum atomic E-state index is 0. The van der Waals surface area contributed by atoms with Crippen LogP contribution in [0.4, 0.5) is 0 Å². The number of nitrogens with zero attached hydrogens (tertiary/aromatic N) is 1. The van der Waals surface area contributed by atoms with Crippen LogP contribution in [0.2, 0.25) is 0 Å². The first-order valence-corrected chi connectivity index (χ1v) is 9.64. The Labute approximate surface area is 176 Å². The monoisotopic (exact) mass is 410 g/mol. The minimum Gasteiger partial charge on any atom is -0.457 e. The summed E-state index contributed by atoms with van der Waals surface area (Å²) in [6.07, 6.45) is 5.13. The fourth-order valence-electron chi connectivity index (χ4n) is 3.52. The molecule has 0 aromatic heterocycles. The van der Waals surface area contributed by atoms with E-state index in [1.165, 1.54) is 31.2 Å². The van der Waals surface area contributed by atoms with Gasteiger partial charge in [0.25, 0.3) is 0 Å². The maximum Gasteiger partial charge on any atom is 0.127 e. The topological polar surface area (TPSA) is 24.5 Å². The van der Waals surface area contributed by atoms with E-state index < -0.39 is 0 Å². The Morgan fingerprint density at radius 3 is 2.15 bits per heavy atom. The highest BCUT2D eigenvalue weighted by molar-refractivity contribution is 5.85. The number of rotatable bonds is 8. The van der Waals surface area contributed by atoms with E-state index in [0.717, 1.165) is 37.7 Å². The van der Waals surface area contributed by atoms with Crippen molar-refractivity contribution in [2.24, 2.45) is 0 Å². The lowest BCUT2D eigenvalue weighted by molar-refractivity contribution is 0.162. The van der Waals surface area contributed by atoms with Gasteiger partial charge in [-0.3, -0.25) is 4.90 Å². The fraction of sp³-hybridized carbons (Fsp3) is 0.455. The summed E-state index contributed by atoms with van der Waals surface area (Å²) in [6, 6.07) is 19.2. The predicted octanol–water partition coefficient (Wildman–Crippen LogP) is 5.85. The number of hydrogen-bond acceptors (Lipinski definition) is 3. The summed E-state index contributed by atoms with van der Waals surface area (Å²) in [4.78, 5) is 2.64. The number of para-hydroxylation sites is 1. The lowest BCUT2D eigenvalue weighted by atomic mass is 9.98. The molecule has 2 aromatic rings. The zero-order valence-corrected chi connectivity index (χ0v) is 17.7. The average molecular weight is 411 g/mol. The molecule has 3 nitrogen and oxygen atoms in total. The molecule has 1 N–H and O–H groups in total. The summed E-state index contributed by atoms with van der Waals surface area (Å²) in [5.41, 5.74) is 1.42. The van der Waals surface area contributed by atoms with E-state index in [0.29, 0.717) is 6.04 Å². The number of hydrogen-bond donors (Lipinski definition) is 1. The molecule has 1 aliphatic rings. The zero-order chi connectivity index (χ0) is 17.3. The Morgan fingerprint density at radius 2 is 1.52 bits per heavy atom. The van der Waals surface area contributed by atoms with Gasteiger partial charge < -0.3 is 10.1 Å². The largest absolute Gasteiger partial charge is 0.457 e. The van der Waals surface area contributed by atoms with E-state index >= 15 is 0 Å². The van der Waals surface area contributed by atoms with Crippen LogP contribution >= 0.6 is 24.8 Å². The van der Waals surface area contributed by atoms with Gasteiger partial charge in [0.2, 0.25) is 0 Å². The SMILES string of the molecule is CCCCC[C@H](c1ccc(Oc2ccccc2)cc1)N1CCNCC1.Cl.Cl. The molecule has 0 aliphatic carbocycles. The zero-order valence-electron chi connectivity index (χ0n) is 16.1. The third-order valence-electron chi connectivity index (χ3n) is 4.92. The summed E-state index contributed by atoms with van der Waals surface area (Å²) in [6.45, 7) is 6.74. The van der Waals surface area contributed by atoms with Crippen molar-refractivity contribution < 1.29 is 4.74 Å². The highest BCUT2D eigenvalue weighted by Crippen LogP contribution is 2.29. The number of benzene rings is 2. The van der Waals surface area contributed by atoms with Crippen molar-refractivity contribution in [1.29, 1.82) is 0 Å². The molecule has 5 heteroatoms. The van der Waals surface area contributed by atoms with Gasteiger partial charge in [0.05, 0.1) is 0 Å². The van der Waals surface area contributed by atoms with Gasteiger partial charge in [-0.1, -0.05) is 56.5 Å². The third-order valence-corrected chi connectivity index (χ3v) is 4.92. The Hall–Kier alpha value is -1.26. The van der Waals surface area contributed by atoms with Crippen LogP contribution in [0.25, 0.3) is 0 Å². The molecule has 1 saturated heterocycles. The maximum absolute atomic E-state index is 5.93. The van der Waals surface area contributed by atoms with E-state index in [1.807, 2.05) is 30.3 Å². The summed E-state index contributed by atoms with van der Waals surface area (Å²) in [5.74, 6) is 1.79. The van der Waals surface area contributed by atoms with Crippen molar-refractivity contribution in [2.75, 3.05) is 26.2 Å². The summed E-state index contributed by atoms with van der Waals surface area (Å²) in [7, 11) is 0. The second-order valence-electron chi connectivity index (χ2n) is 6.78. The van der Waals surface area contributed by atoms with Crippen molar-refractivity contribution in [3.05, 3.63) is 60.2 Å². The molecule has 1 aliphatic heterocycles. The second-order valence-corrected chi connectivity index (χ2v) is 6.78. The van der Waals surface area contributed by atoms with Crippen molar-refractivity contribution in [2.45, 2.75) is 38.6 Å². The minimum absolute atomic E-state index is 0. The molecule has 1 fully saturated rings. The lowest BCUT2D eigenvalue weighted by Gasteiger charge is -2.35. The molecule has 0 amide bonds. The van der Waals surface area contributed by atoms with Gasteiger partial charge in [0.1, 0.15) is 11.5 Å². The number of unbranched alkanes of at least 4 members (excludes halogenated alkanes) is 2. The Balaban J connectivity index is 0.00000182. The van der Waals surface area contributed by atoms with E-state index in [-0.39, 0.29) is 24.8 Å². The number of piperazine rings is 1. The Bertz CT molecular complexity index is 616. The lowest BCUT2D eigenvalue weighted by Crippen LogP contribution is -2.45. The van der Waals surface area contributed by atoms with Gasteiger partial charge >= 0.3 is 0 Å². The van der Waals surface area contributed by atoms with Gasteiger partial charge in [-0.05, 0) is 36.2 Å². The first-order chi connectivity index (χ1) is 12.4. The molecular formula is C22H32Cl2N2O. The van der Waals surface area contributed by atoms with Gasteiger partial charge in [0, 0.05) is 32.2 Å². The summed E-state index contributed by atoms with van der Waals surface area (Å²) in [5, 5.41) is 3.46. The molecule has 0 radical (unpaired) electrons. The van der Waals surface area contributed by atoms with Crippen molar-refractivity contribution >= 4 is 24.8 Å². The summed E-state index contributed by atoms with van der Waals surface area (Å²) >= 11 is 0. The van der Waals surface area contributed by atoms with Crippen LogP contribution in [0.15, 0.2) is 54.6 Å². The fourth-order valence-corrected chi connectivity index (χ4v) is 3.52. The normalized spacial score (nSPS) is 15.3. The number of ether oxygens (including phenoxy) is 1.